The van der Waals surface area contributed by atoms with Crippen molar-refractivity contribution < 1.29 is 4.79 Å². The van der Waals surface area contributed by atoms with Gasteiger partial charge in [-0.25, -0.2) is 4.98 Å². The van der Waals surface area contributed by atoms with Gasteiger partial charge in [-0.05, 0) is 48.4 Å². The largest absolute Gasteiger partial charge is 0.298 e. The molecule has 0 saturated heterocycles. The van der Waals surface area contributed by atoms with E-state index in [4.69, 9.17) is 5.26 Å². The number of hydrogen-bond acceptors (Lipinski definition) is 4. The Morgan fingerprint density at radius 1 is 1.28 bits per heavy atom. The van der Waals surface area contributed by atoms with Crippen molar-refractivity contribution in [1.82, 2.24) is 4.98 Å². The van der Waals surface area contributed by atoms with Gasteiger partial charge in [0.2, 0.25) is 0 Å². The predicted octanol–water partition coefficient (Wildman–Crippen LogP) is 4.93. The fourth-order valence-electron chi connectivity index (χ4n) is 2.39. The Balaban J connectivity index is 1.68. The third kappa shape index (κ3) is 4.32. The van der Waals surface area contributed by atoms with Crippen molar-refractivity contribution in [3.05, 3.63) is 80.3 Å². The molecule has 1 heterocycles. The Bertz CT molecular complexity index is 958. The molecule has 0 aliphatic heterocycles. The number of anilines is 1. The highest BCUT2D eigenvalue weighted by atomic mass is 79.9. The van der Waals surface area contributed by atoms with Crippen LogP contribution in [0.1, 0.15) is 31.9 Å². The Kier molecular flexibility index (Phi) is 5.27. The molecule has 0 radical (unpaired) electrons. The number of rotatable bonds is 4. The van der Waals surface area contributed by atoms with Crippen LogP contribution in [-0.2, 0) is 6.42 Å². The van der Waals surface area contributed by atoms with Crippen LogP contribution in [0.2, 0.25) is 0 Å². The molecule has 0 fully saturated rings. The van der Waals surface area contributed by atoms with Gasteiger partial charge in [0.15, 0.2) is 5.13 Å². The summed E-state index contributed by atoms with van der Waals surface area (Å²) in [4.78, 5) is 17.7. The minimum atomic E-state index is -0.163. The molecule has 1 aromatic heterocycles. The number of thiazole rings is 1. The summed E-state index contributed by atoms with van der Waals surface area (Å²) in [5, 5.41) is 12.3. The van der Waals surface area contributed by atoms with Crippen LogP contribution in [0.3, 0.4) is 0 Å². The number of carbonyl (C=O) groups excluding carboxylic acids is 1. The first-order chi connectivity index (χ1) is 12.0. The van der Waals surface area contributed by atoms with Gasteiger partial charge in [0.1, 0.15) is 0 Å². The van der Waals surface area contributed by atoms with E-state index < -0.39 is 0 Å². The zero-order valence-corrected chi connectivity index (χ0v) is 15.8. The smallest absolute Gasteiger partial charge is 0.257 e. The molecule has 2 aromatic carbocycles. The van der Waals surface area contributed by atoms with Gasteiger partial charge in [-0.15, -0.1) is 11.3 Å². The van der Waals surface area contributed by atoms with Crippen molar-refractivity contribution in [2.75, 3.05) is 5.32 Å². The highest BCUT2D eigenvalue weighted by Gasteiger charge is 2.12. The van der Waals surface area contributed by atoms with Crippen molar-refractivity contribution >= 4 is 38.3 Å². The fourth-order valence-corrected chi connectivity index (χ4v) is 3.71. The molecule has 0 unspecified atom stereocenters. The zero-order chi connectivity index (χ0) is 17.8. The van der Waals surface area contributed by atoms with Gasteiger partial charge in [-0.3, -0.25) is 10.1 Å². The van der Waals surface area contributed by atoms with E-state index in [0.717, 1.165) is 26.9 Å². The second-order valence-electron chi connectivity index (χ2n) is 5.53. The number of nitrogens with one attached hydrogen (secondary N) is 1. The second-order valence-corrected chi connectivity index (χ2v) is 7.56. The van der Waals surface area contributed by atoms with Gasteiger partial charge < -0.3 is 0 Å². The van der Waals surface area contributed by atoms with Crippen LogP contribution < -0.4 is 5.32 Å². The maximum absolute atomic E-state index is 12.4. The van der Waals surface area contributed by atoms with E-state index in [9.17, 15) is 4.79 Å². The number of aryl methyl sites for hydroxylation is 1. The van der Waals surface area contributed by atoms with E-state index in [1.165, 1.54) is 11.3 Å². The zero-order valence-electron chi connectivity index (χ0n) is 13.4. The Morgan fingerprint density at radius 2 is 2.04 bits per heavy atom. The van der Waals surface area contributed by atoms with E-state index in [-0.39, 0.29) is 5.91 Å². The van der Waals surface area contributed by atoms with Crippen LogP contribution >= 0.6 is 27.3 Å². The molecule has 124 valence electrons. The van der Waals surface area contributed by atoms with Crippen molar-refractivity contribution in [1.29, 1.82) is 5.26 Å². The number of aromatic nitrogens is 1. The minimum Gasteiger partial charge on any atom is -0.298 e. The summed E-state index contributed by atoms with van der Waals surface area (Å²) >= 11 is 4.85. The molecular weight excluding hydrogens is 398 g/mol. The molecule has 3 rings (SSSR count). The fraction of sp³-hybridized carbons (Fsp3) is 0.105. The van der Waals surface area contributed by atoms with Gasteiger partial charge in [-0.1, -0.05) is 28.1 Å². The molecule has 0 saturated carbocycles. The van der Waals surface area contributed by atoms with Crippen LogP contribution in [0.5, 0.6) is 0 Å². The standard InChI is InChI=1S/C19H14BrN3OS/c1-12-8-15(20)6-7-17(12)18(24)23-19-22-11-16(25-19)9-13-2-4-14(10-21)5-3-13/h2-8,11H,9H2,1H3,(H,22,23,24). The highest BCUT2D eigenvalue weighted by molar-refractivity contribution is 9.10. The number of amides is 1. The van der Waals surface area contributed by atoms with Gasteiger partial charge in [0.25, 0.3) is 5.91 Å². The molecule has 1 N–H and O–H groups in total. The topological polar surface area (TPSA) is 65.8 Å². The van der Waals surface area contributed by atoms with Crippen molar-refractivity contribution in [3.8, 4) is 6.07 Å². The van der Waals surface area contributed by atoms with Crippen molar-refractivity contribution in [2.45, 2.75) is 13.3 Å². The molecule has 3 aromatic rings. The summed E-state index contributed by atoms with van der Waals surface area (Å²) < 4.78 is 0.945. The molecule has 25 heavy (non-hydrogen) atoms. The first-order valence-corrected chi connectivity index (χ1v) is 9.17. The first kappa shape index (κ1) is 17.3. The van der Waals surface area contributed by atoms with E-state index in [2.05, 4.69) is 32.3 Å². The van der Waals surface area contributed by atoms with Gasteiger partial charge >= 0.3 is 0 Å². The first-order valence-electron chi connectivity index (χ1n) is 7.56. The number of hydrogen-bond donors (Lipinski definition) is 1. The lowest BCUT2D eigenvalue weighted by molar-refractivity contribution is 0.102. The molecule has 0 atom stereocenters. The van der Waals surface area contributed by atoms with Gasteiger partial charge in [-0.2, -0.15) is 5.26 Å². The highest BCUT2D eigenvalue weighted by Crippen LogP contribution is 2.23. The molecule has 0 aliphatic rings. The Labute approximate surface area is 158 Å². The van der Waals surface area contributed by atoms with E-state index in [0.29, 0.717) is 16.3 Å². The van der Waals surface area contributed by atoms with Crippen LogP contribution in [0.25, 0.3) is 0 Å². The van der Waals surface area contributed by atoms with Crippen molar-refractivity contribution in [2.24, 2.45) is 0 Å². The average Bonchev–Trinajstić information content (AvgIpc) is 3.02. The Morgan fingerprint density at radius 3 is 2.72 bits per heavy atom. The van der Waals surface area contributed by atoms with Crippen LogP contribution in [0.15, 0.2) is 53.1 Å². The lowest BCUT2D eigenvalue weighted by atomic mass is 10.1. The maximum Gasteiger partial charge on any atom is 0.257 e. The second kappa shape index (κ2) is 7.60. The minimum absolute atomic E-state index is 0.163. The molecule has 4 nitrogen and oxygen atoms in total. The monoisotopic (exact) mass is 411 g/mol. The summed E-state index contributed by atoms with van der Waals surface area (Å²) in [5.74, 6) is -0.163. The number of nitriles is 1. The normalized spacial score (nSPS) is 10.3. The summed E-state index contributed by atoms with van der Waals surface area (Å²) in [7, 11) is 0. The van der Waals surface area contributed by atoms with Crippen LogP contribution in [0.4, 0.5) is 5.13 Å². The number of carbonyl (C=O) groups is 1. The van der Waals surface area contributed by atoms with Crippen LogP contribution in [0, 0.1) is 18.3 Å². The molecule has 1 amide bonds. The van der Waals surface area contributed by atoms with Crippen LogP contribution in [-0.4, -0.2) is 10.9 Å². The quantitative estimate of drug-likeness (QED) is 0.661. The Hall–Kier alpha value is -2.49. The summed E-state index contributed by atoms with van der Waals surface area (Å²) in [6.45, 7) is 1.90. The summed E-state index contributed by atoms with van der Waals surface area (Å²) in [6.07, 6.45) is 2.49. The molecule has 6 heteroatoms. The van der Waals surface area contributed by atoms with Gasteiger partial charge in [0, 0.05) is 27.5 Å². The van der Waals surface area contributed by atoms with E-state index >= 15 is 0 Å². The van der Waals surface area contributed by atoms with E-state index in [1.54, 1.807) is 24.4 Å². The third-order valence-corrected chi connectivity index (χ3v) is 5.07. The molecule has 0 aliphatic carbocycles. The third-order valence-electron chi connectivity index (χ3n) is 3.67. The maximum atomic E-state index is 12.4. The average molecular weight is 412 g/mol. The lowest BCUT2D eigenvalue weighted by Gasteiger charge is -2.05. The number of nitrogens with zero attached hydrogens (tertiary/aromatic N) is 2. The summed E-state index contributed by atoms with van der Waals surface area (Å²) in [6, 6.07) is 15.1. The molecule has 0 bridgehead atoms. The molecule has 0 spiro atoms. The van der Waals surface area contributed by atoms with Crippen molar-refractivity contribution in [3.63, 3.8) is 0 Å². The SMILES string of the molecule is Cc1cc(Br)ccc1C(=O)Nc1ncc(Cc2ccc(C#N)cc2)s1. The van der Waals surface area contributed by atoms with Gasteiger partial charge in [0.05, 0.1) is 11.6 Å². The number of halogens is 1. The summed E-state index contributed by atoms with van der Waals surface area (Å²) in [5.41, 5.74) is 3.28. The van der Waals surface area contributed by atoms with E-state index in [1.807, 2.05) is 31.2 Å². The molecular formula is C19H14BrN3OS. The number of benzene rings is 2. The predicted molar refractivity (Wildman–Crippen MR) is 103 cm³/mol. The lowest BCUT2D eigenvalue weighted by Crippen LogP contribution is -2.13.